The predicted octanol–water partition coefficient (Wildman–Crippen LogP) is -1.25. The number of aromatic nitrogens is 2. The van der Waals surface area contributed by atoms with Crippen LogP contribution in [0.15, 0.2) is 12.5 Å². The van der Waals surface area contributed by atoms with E-state index in [2.05, 4.69) is 20.8 Å². The fourth-order valence-electron chi connectivity index (χ4n) is 1.02. The van der Waals surface area contributed by atoms with Gasteiger partial charge in [-0.15, -0.1) is 0 Å². The minimum absolute atomic E-state index is 0.0893. The molecule has 0 aromatic carbocycles. The summed E-state index contributed by atoms with van der Waals surface area (Å²) in [5.74, 6) is 0. The van der Waals surface area contributed by atoms with Crippen LogP contribution >= 0.6 is 0 Å². The first-order chi connectivity index (χ1) is 5.35. The molecular formula is C6H10N4O. The highest BCUT2D eigenvalue weighted by Crippen LogP contribution is 2.14. The minimum atomic E-state index is -0.299. The first-order valence-electron chi connectivity index (χ1n) is 3.47. The third-order valence-corrected chi connectivity index (χ3v) is 1.80. The molecule has 4 N–H and O–H groups in total. The summed E-state index contributed by atoms with van der Waals surface area (Å²) in [4.78, 5) is 6.84. The summed E-state index contributed by atoms with van der Waals surface area (Å²) < 4.78 is 0. The molecule has 2 rings (SSSR count). The molecule has 11 heavy (non-hydrogen) atoms. The molecule has 1 fully saturated rings. The summed E-state index contributed by atoms with van der Waals surface area (Å²) in [5, 5.41) is 8.90. The smallest absolute Gasteiger partial charge is 0.123 e. The number of rotatable bonds is 3. The second kappa shape index (κ2) is 2.30. The maximum Gasteiger partial charge on any atom is 0.123 e. The zero-order valence-corrected chi connectivity index (χ0v) is 5.96. The molecular weight excluding hydrogens is 144 g/mol. The zero-order chi connectivity index (χ0) is 7.73. The second-order valence-corrected chi connectivity index (χ2v) is 2.74. The number of nitrogens with zero attached hydrogens (tertiary/aromatic N) is 1. The van der Waals surface area contributed by atoms with Crippen LogP contribution in [0.2, 0.25) is 0 Å². The van der Waals surface area contributed by atoms with Crippen molar-refractivity contribution in [3.63, 3.8) is 0 Å². The maximum absolute atomic E-state index is 8.90. The van der Waals surface area contributed by atoms with Gasteiger partial charge in [0.1, 0.15) is 5.66 Å². The molecule has 1 aliphatic rings. The zero-order valence-electron chi connectivity index (χ0n) is 5.96. The van der Waals surface area contributed by atoms with Crippen LogP contribution in [0.5, 0.6) is 0 Å². The molecule has 60 valence electrons. The number of hydrogen-bond donors (Lipinski definition) is 4. The van der Waals surface area contributed by atoms with Gasteiger partial charge in [0, 0.05) is 18.3 Å². The van der Waals surface area contributed by atoms with E-state index in [0.29, 0.717) is 0 Å². The van der Waals surface area contributed by atoms with Crippen LogP contribution in [0.3, 0.4) is 0 Å². The lowest BCUT2D eigenvalue weighted by Gasteiger charge is -2.04. The lowest BCUT2D eigenvalue weighted by Crippen LogP contribution is -2.26. The number of aliphatic hydroxyl groups excluding tert-OH is 1. The van der Waals surface area contributed by atoms with Crippen LogP contribution < -0.4 is 10.9 Å². The van der Waals surface area contributed by atoms with Gasteiger partial charge in [0.25, 0.3) is 0 Å². The summed E-state index contributed by atoms with van der Waals surface area (Å²) in [5.41, 5.74) is 6.49. The van der Waals surface area contributed by atoms with Gasteiger partial charge in [-0.1, -0.05) is 0 Å². The SMILES string of the molecule is OCC1(Cc2cnc[nH]2)NN1. The van der Waals surface area contributed by atoms with E-state index in [-0.39, 0.29) is 12.3 Å². The molecule has 0 amide bonds. The molecule has 2 heterocycles. The van der Waals surface area contributed by atoms with E-state index in [9.17, 15) is 0 Å². The van der Waals surface area contributed by atoms with E-state index in [1.165, 1.54) is 0 Å². The van der Waals surface area contributed by atoms with Gasteiger partial charge in [-0.05, 0) is 0 Å². The van der Waals surface area contributed by atoms with Gasteiger partial charge in [0.05, 0.1) is 12.9 Å². The lowest BCUT2D eigenvalue weighted by molar-refractivity contribution is 0.244. The van der Waals surface area contributed by atoms with E-state index in [1.54, 1.807) is 12.5 Å². The minimum Gasteiger partial charge on any atom is -0.393 e. The number of hydrogen-bond acceptors (Lipinski definition) is 4. The first kappa shape index (κ1) is 6.78. The topological polar surface area (TPSA) is 92.8 Å². The van der Waals surface area contributed by atoms with Crippen molar-refractivity contribution in [3.8, 4) is 0 Å². The average Bonchev–Trinajstić information content (AvgIpc) is 2.59. The molecule has 0 spiro atoms. The van der Waals surface area contributed by atoms with Crippen molar-refractivity contribution in [3.05, 3.63) is 18.2 Å². The van der Waals surface area contributed by atoms with Crippen LogP contribution in [0, 0.1) is 0 Å². The Morgan fingerprint density at radius 2 is 2.36 bits per heavy atom. The molecule has 0 unspecified atom stereocenters. The van der Waals surface area contributed by atoms with Gasteiger partial charge in [0.15, 0.2) is 0 Å². The van der Waals surface area contributed by atoms with Crippen molar-refractivity contribution in [1.82, 2.24) is 20.8 Å². The predicted molar refractivity (Wildman–Crippen MR) is 38.4 cm³/mol. The van der Waals surface area contributed by atoms with Gasteiger partial charge in [0.2, 0.25) is 0 Å². The third-order valence-electron chi connectivity index (χ3n) is 1.80. The van der Waals surface area contributed by atoms with Crippen molar-refractivity contribution < 1.29 is 5.11 Å². The highest BCUT2D eigenvalue weighted by atomic mass is 16.3. The molecule has 1 aliphatic heterocycles. The summed E-state index contributed by atoms with van der Waals surface area (Å²) in [6.45, 7) is 0.0893. The number of hydrazine groups is 1. The molecule has 0 bridgehead atoms. The van der Waals surface area contributed by atoms with Crippen LogP contribution in [0.1, 0.15) is 5.69 Å². The van der Waals surface area contributed by atoms with E-state index < -0.39 is 0 Å². The molecule has 1 saturated heterocycles. The van der Waals surface area contributed by atoms with Crippen LogP contribution in [-0.4, -0.2) is 27.3 Å². The molecule has 0 radical (unpaired) electrons. The fraction of sp³-hybridized carbons (Fsp3) is 0.500. The largest absolute Gasteiger partial charge is 0.393 e. The normalized spacial score (nSPS) is 20.1. The summed E-state index contributed by atoms with van der Waals surface area (Å²) in [6, 6.07) is 0. The Labute approximate surface area is 63.8 Å². The molecule has 1 aromatic rings. The Bertz CT molecular complexity index is 229. The van der Waals surface area contributed by atoms with Crippen molar-refractivity contribution in [2.75, 3.05) is 6.61 Å². The Hall–Kier alpha value is -0.910. The first-order valence-corrected chi connectivity index (χ1v) is 3.47. The standard InChI is InChI=1S/C6H10N4O/c11-3-6(9-10-6)1-5-2-7-4-8-5/h2,4,9-11H,1,3H2,(H,7,8). The van der Waals surface area contributed by atoms with Crippen molar-refractivity contribution in [2.45, 2.75) is 12.1 Å². The number of aliphatic hydroxyl groups is 1. The van der Waals surface area contributed by atoms with Crippen LogP contribution in [-0.2, 0) is 6.42 Å². The van der Waals surface area contributed by atoms with Gasteiger partial charge >= 0.3 is 0 Å². The number of imidazole rings is 1. The Morgan fingerprint density at radius 3 is 2.82 bits per heavy atom. The monoisotopic (exact) mass is 154 g/mol. The number of H-pyrrole nitrogens is 1. The molecule has 1 aromatic heterocycles. The van der Waals surface area contributed by atoms with Gasteiger partial charge in [-0.3, -0.25) is 0 Å². The van der Waals surface area contributed by atoms with E-state index in [0.717, 1.165) is 12.1 Å². The Morgan fingerprint density at radius 1 is 1.55 bits per heavy atom. The Kier molecular flexibility index (Phi) is 1.42. The van der Waals surface area contributed by atoms with Crippen molar-refractivity contribution in [2.24, 2.45) is 0 Å². The van der Waals surface area contributed by atoms with E-state index >= 15 is 0 Å². The highest BCUT2D eigenvalue weighted by Gasteiger charge is 2.41. The van der Waals surface area contributed by atoms with Gasteiger partial charge in [-0.2, -0.15) is 0 Å². The fourth-order valence-corrected chi connectivity index (χ4v) is 1.02. The third kappa shape index (κ3) is 1.25. The average molecular weight is 154 g/mol. The molecule has 0 saturated carbocycles. The molecule has 5 nitrogen and oxygen atoms in total. The van der Waals surface area contributed by atoms with Crippen molar-refractivity contribution >= 4 is 0 Å². The highest BCUT2D eigenvalue weighted by molar-refractivity contribution is 5.07. The van der Waals surface area contributed by atoms with Crippen LogP contribution in [0.4, 0.5) is 0 Å². The lowest BCUT2D eigenvalue weighted by atomic mass is 10.1. The molecule has 0 aliphatic carbocycles. The number of nitrogens with one attached hydrogen (secondary N) is 3. The van der Waals surface area contributed by atoms with E-state index in [1.807, 2.05) is 0 Å². The second-order valence-electron chi connectivity index (χ2n) is 2.74. The Balaban J connectivity index is 2.01. The van der Waals surface area contributed by atoms with Gasteiger partial charge in [-0.25, -0.2) is 15.8 Å². The maximum atomic E-state index is 8.90. The van der Waals surface area contributed by atoms with Crippen molar-refractivity contribution in [1.29, 1.82) is 0 Å². The van der Waals surface area contributed by atoms with E-state index in [4.69, 9.17) is 5.11 Å². The molecule has 0 atom stereocenters. The molecule has 5 heteroatoms. The number of aromatic amines is 1. The van der Waals surface area contributed by atoms with Gasteiger partial charge < -0.3 is 10.1 Å². The summed E-state index contributed by atoms with van der Waals surface area (Å²) in [7, 11) is 0. The quantitative estimate of drug-likeness (QED) is 0.409. The summed E-state index contributed by atoms with van der Waals surface area (Å²) in [6.07, 6.45) is 4.10. The summed E-state index contributed by atoms with van der Waals surface area (Å²) >= 11 is 0. The van der Waals surface area contributed by atoms with Crippen LogP contribution in [0.25, 0.3) is 0 Å².